The molecule has 4 rings (SSSR count). The molecular formula is C17H23F5S. The standard InChI is InChI=1S/C17H23F5S/c1-2-7-16-8-11-17(12-9-16,13-10-16)14-3-5-15(6-4-14)23(18,19,20,21)22/h3-6H,2,7-13H2,1H3. The van der Waals surface area contributed by atoms with Crippen molar-refractivity contribution in [2.45, 2.75) is 68.6 Å². The van der Waals surface area contributed by atoms with Crippen LogP contribution in [0.3, 0.4) is 0 Å². The van der Waals surface area contributed by atoms with Crippen molar-refractivity contribution in [1.29, 1.82) is 0 Å². The van der Waals surface area contributed by atoms with Gasteiger partial charge in [0.1, 0.15) is 4.90 Å². The van der Waals surface area contributed by atoms with Gasteiger partial charge in [-0.1, -0.05) is 44.9 Å². The maximum atomic E-state index is 12.8. The van der Waals surface area contributed by atoms with Gasteiger partial charge in [0.2, 0.25) is 0 Å². The normalized spacial score (nSPS) is 34.0. The first-order chi connectivity index (χ1) is 10.4. The molecule has 1 aromatic rings. The van der Waals surface area contributed by atoms with Gasteiger partial charge in [-0.25, -0.2) is 0 Å². The summed E-state index contributed by atoms with van der Waals surface area (Å²) in [6.07, 6.45) is 8.56. The Labute approximate surface area is 134 Å². The van der Waals surface area contributed by atoms with E-state index < -0.39 is 15.1 Å². The lowest BCUT2D eigenvalue weighted by molar-refractivity contribution is 0.0320. The van der Waals surface area contributed by atoms with Crippen molar-refractivity contribution in [2.24, 2.45) is 5.41 Å². The second-order valence-corrected chi connectivity index (χ2v) is 9.93. The SMILES string of the molecule is CCCC12CCC(c3ccc(S(F)(F)(F)(F)F)cc3)(CC1)CC2. The van der Waals surface area contributed by atoms with Crippen LogP contribution in [0, 0.1) is 5.41 Å². The summed E-state index contributed by atoms with van der Waals surface area (Å²) in [4.78, 5) is -1.78. The van der Waals surface area contributed by atoms with Crippen LogP contribution in [0.15, 0.2) is 29.2 Å². The van der Waals surface area contributed by atoms with Gasteiger partial charge in [0.25, 0.3) is 0 Å². The van der Waals surface area contributed by atoms with E-state index in [1.54, 1.807) is 0 Å². The van der Waals surface area contributed by atoms with E-state index in [0.717, 1.165) is 50.5 Å². The van der Waals surface area contributed by atoms with Crippen molar-refractivity contribution < 1.29 is 19.4 Å². The molecule has 3 aliphatic carbocycles. The highest BCUT2D eigenvalue weighted by molar-refractivity contribution is 8.45. The van der Waals surface area contributed by atoms with Crippen LogP contribution in [0.5, 0.6) is 0 Å². The zero-order valence-electron chi connectivity index (χ0n) is 13.3. The summed E-state index contributed by atoms with van der Waals surface area (Å²) in [5, 5.41) is 0. The fourth-order valence-electron chi connectivity index (χ4n) is 4.67. The van der Waals surface area contributed by atoms with Gasteiger partial charge in [-0.15, -0.1) is 0 Å². The molecule has 132 valence electrons. The summed E-state index contributed by atoms with van der Waals surface area (Å²) in [5.74, 6) is 0. The zero-order valence-corrected chi connectivity index (χ0v) is 14.1. The van der Waals surface area contributed by atoms with Gasteiger partial charge in [0.05, 0.1) is 0 Å². The highest BCUT2D eigenvalue weighted by Crippen LogP contribution is 3.02. The minimum Gasteiger partial charge on any atom is -0.0936 e. The number of fused-ring (bicyclic) bond motifs is 3. The Balaban J connectivity index is 1.85. The quantitative estimate of drug-likeness (QED) is 0.485. The van der Waals surface area contributed by atoms with Crippen molar-refractivity contribution in [1.82, 2.24) is 0 Å². The van der Waals surface area contributed by atoms with Gasteiger partial charge in [0, 0.05) is 0 Å². The summed E-state index contributed by atoms with van der Waals surface area (Å²) in [7, 11) is -9.56. The van der Waals surface area contributed by atoms with Crippen LogP contribution in [0.1, 0.15) is 63.9 Å². The third kappa shape index (κ3) is 3.11. The molecule has 2 bridgehead atoms. The number of rotatable bonds is 4. The average molecular weight is 354 g/mol. The monoisotopic (exact) mass is 354 g/mol. The Morgan fingerprint density at radius 1 is 0.826 bits per heavy atom. The van der Waals surface area contributed by atoms with Gasteiger partial charge < -0.3 is 0 Å². The molecule has 0 aromatic heterocycles. The van der Waals surface area contributed by atoms with Crippen molar-refractivity contribution >= 4 is 10.2 Å². The Bertz CT molecular complexity index is 578. The van der Waals surface area contributed by atoms with E-state index in [2.05, 4.69) is 6.92 Å². The van der Waals surface area contributed by atoms with E-state index in [1.165, 1.54) is 18.6 Å². The number of hydrogen-bond acceptors (Lipinski definition) is 0. The molecule has 0 radical (unpaired) electrons. The van der Waals surface area contributed by atoms with Gasteiger partial charge in [0.15, 0.2) is 0 Å². The molecule has 0 atom stereocenters. The van der Waals surface area contributed by atoms with Gasteiger partial charge >= 0.3 is 10.2 Å². The lowest BCUT2D eigenvalue weighted by atomic mass is 9.51. The Morgan fingerprint density at radius 2 is 1.30 bits per heavy atom. The lowest BCUT2D eigenvalue weighted by Crippen LogP contribution is -2.44. The predicted octanol–water partition coefficient (Wildman–Crippen LogP) is 7.74. The molecule has 0 amide bonds. The summed E-state index contributed by atoms with van der Waals surface area (Å²) in [5.41, 5.74) is 1.11. The first kappa shape index (κ1) is 17.1. The van der Waals surface area contributed by atoms with Crippen LogP contribution < -0.4 is 0 Å². The molecule has 3 saturated carbocycles. The summed E-state index contributed by atoms with van der Waals surface area (Å²) >= 11 is 0. The summed E-state index contributed by atoms with van der Waals surface area (Å²) in [6, 6.07) is 3.72. The van der Waals surface area contributed by atoms with Crippen LogP contribution >= 0.6 is 10.2 Å². The first-order valence-electron chi connectivity index (χ1n) is 8.23. The van der Waals surface area contributed by atoms with Crippen molar-refractivity contribution in [3.8, 4) is 0 Å². The third-order valence-corrected chi connectivity index (χ3v) is 7.26. The Hall–Kier alpha value is -0.780. The van der Waals surface area contributed by atoms with E-state index in [-0.39, 0.29) is 5.41 Å². The Kier molecular flexibility index (Phi) is 3.29. The molecule has 0 spiro atoms. The van der Waals surface area contributed by atoms with E-state index in [0.29, 0.717) is 17.5 Å². The van der Waals surface area contributed by atoms with Crippen LogP contribution in [0.25, 0.3) is 0 Å². The molecule has 0 nitrogen and oxygen atoms in total. The second kappa shape index (κ2) is 4.44. The van der Waals surface area contributed by atoms with Crippen molar-refractivity contribution in [3.05, 3.63) is 29.8 Å². The fraction of sp³-hybridized carbons (Fsp3) is 0.647. The number of hydrogen-bond donors (Lipinski definition) is 0. The minimum absolute atomic E-state index is 0.105. The largest absolute Gasteiger partial charge is 0.310 e. The zero-order chi connectivity index (χ0) is 17.0. The number of halogens is 5. The predicted molar refractivity (Wildman–Crippen MR) is 84.6 cm³/mol. The molecule has 0 unspecified atom stereocenters. The molecule has 3 fully saturated rings. The highest BCUT2D eigenvalue weighted by atomic mass is 32.5. The fourth-order valence-corrected chi connectivity index (χ4v) is 5.32. The van der Waals surface area contributed by atoms with Crippen LogP contribution in [-0.2, 0) is 5.41 Å². The summed E-state index contributed by atoms with van der Waals surface area (Å²) in [6.45, 7) is 2.18. The molecule has 0 heterocycles. The molecule has 1 aromatic carbocycles. The van der Waals surface area contributed by atoms with Gasteiger partial charge in [-0.05, 0) is 73.5 Å². The van der Waals surface area contributed by atoms with Crippen molar-refractivity contribution in [2.75, 3.05) is 0 Å². The van der Waals surface area contributed by atoms with Gasteiger partial charge in [-0.2, -0.15) is 0 Å². The molecule has 3 aliphatic rings. The minimum atomic E-state index is -9.56. The first-order valence-corrected chi connectivity index (χ1v) is 10.2. The van der Waals surface area contributed by atoms with Gasteiger partial charge in [-0.3, -0.25) is 0 Å². The van der Waals surface area contributed by atoms with Crippen LogP contribution in [0.4, 0.5) is 19.4 Å². The van der Waals surface area contributed by atoms with E-state index >= 15 is 0 Å². The molecular weight excluding hydrogens is 331 g/mol. The molecule has 23 heavy (non-hydrogen) atoms. The van der Waals surface area contributed by atoms with Crippen LogP contribution in [-0.4, -0.2) is 0 Å². The topological polar surface area (TPSA) is 0 Å². The second-order valence-electron chi connectivity index (χ2n) is 7.52. The van der Waals surface area contributed by atoms with E-state index in [1.807, 2.05) is 0 Å². The molecule has 0 saturated heterocycles. The van der Waals surface area contributed by atoms with E-state index in [9.17, 15) is 19.4 Å². The maximum Gasteiger partial charge on any atom is 0.310 e. The summed E-state index contributed by atoms with van der Waals surface area (Å²) < 4.78 is 64.2. The molecule has 6 heteroatoms. The lowest BCUT2D eigenvalue weighted by Gasteiger charge is -2.54. The smallest absolute Gasteiger partial charge is 0.0936 e. The van der Waals surface area contributed by atoms with E-state index in [4.69, 9.17) is 0 Å². The van der Waals surface area contributed by atoms with Crippen molar-refractivity contribution in [3.63, 3.8) is 0 Å². The third-order valence-electron chi connectivity index (χ3n) is 6.09. The number of benzene rings is 1. The van der Waals surface area contributed by atoms with Crippen LogP contribution in [0.2, 0.25) is 0 Å². The average Bonchev–Trinajstić information content (AvgIpc) is 2.47. The Morgan fingerprint density at radius 3 is 1.70 bits per heavy atom. The molecule has 0 N–H and O–H groups in total. The molecule has 0 aliphatic heterocycles. The maximum absolute atomic E-state index is 12.8. The highest BCUT2D eigenvalue weighted by Gasteiger charge is 2.65.